The van der Waals surface area contributed by atoms with Gasteiger partial charge in [-0.1, -0.05) is 0 Å². The molecule has 0 radical (unpaired) electrons. The summed E-state index contributed by atoms with van der Waals surface area (Å²) in [5.41, 5.74) is 1.63. The van der Waals surface area contributed by atoms with Crippen LogP contribution in [0.2, 0.25) is 0 Å². The highest BCUT2D eigenvalue weighted by molar-refractivity contribution is 7.15. The highest BCUT2D eigenvalue weighted by Gasteiger charge is 2.17. The van der Waals surface area contributed by atoms with Gasteiger partial charge in [0.1, 0.15) is 0 Å². The number of hydrogen-bond acceptors (Lipinski definition) is 5. The highest BCUT2D eigenvalue weighted by Crippen LogP contribution is 2.33. The lowest BCUT2D eigenvalue weighted by Gasteiger charge is -2.06. The van der Waals surface area contributed by atoms with E-state index in [4.69, 9.17) is 4.74 Å². The van der Waals surface area contributed by atoms with E-state index >= 15 is 0 Å². The molecule has 0 spiro atoms. The van der Waals surface area contributed by atoms with Crippen molar-refractivity contribution in [2.45, 2.75) is 6.92 Å². The first-order chi connectivity index (χ1) is 9.70. The molecular weight excluding hydrogens is 278 g/mol. The Bertz CT molecular complexity index is 778. The Morgan fingerprint density at radius 1 is 1.50 bits per heavy atom. The van der Waals surface area contributed by atoms with Gasteiger partial charge in [-0.05, 0) is 19.1 Å². The Hall–Kier alpha value is -2.41. The Labute approximate surface area is 118 Å². The number of nitro benzene ring substituents is 1. The van der Waals surface area contributed by atoms with Crippen molar-refractivity contribution in [3.05, 3.63) is 46.1 Å². The summed E-state index contributed by atoms with van der Waals surface area (Å²) in [6.45, 7) is 2.19. The van der Waals surface area contributed by atoms with Gasteiger partial charge in [-0.2, -0.15) is 0 Å². The van der Waals surface area contributed by atoms with Crippen molar-refractivity contribution in [3.63, 3.8) is 0 Å². The quantitative estimate of drug-likeness (QED) is 0.545. The largest absolute Gasteiger partial charge is 0.487 e. The van der Waals surface area contributed by atoms with Crippen LogP contribution in [-0.4, -0.2) is 20.9 Å². The molecule has 1 aromatic carbocycles. The van der Waals surface area contributed by atoms with Gasteiger partial charge in [0.2, 0.25) is 0 Å². The van der Waals surface area contributed by atoms with E-state index in [2.05, 4.69) is 4.98 Å². The molecule has 2 aromatic heterocycles. The summed E-state index contributed by atoms with van der Waals surface area (Å²) in [6, 6.07) is 4.99. The lowest BCUT2D eigenvalue weighted by Crippen LogP contribution is -1.98. The first-order valence-electron chi connectivity index (χ1n) is 6.03. The number of rotatable bonds is 4. The molecule has 3 rings (SSSR count). The van der Waals surface area contributed by atoms with Gasteiger partial charge >= 0.3 is 5.69 Å². The molecule has 0 aliphatic carbocycles. The Morgan fingerprint density at radius 3 is 3.10 bits per heavy atom. The number of imidazole rings is 1. The number of thiazole rings is 1. The molecule has 102 valence electrons. The van der Waals surface area contributed by atoms with Crippen LogP contribution >= 0.6 is 11.3 Å². The molecule has 0 fully saturated rings. The molecule has 0 unspecified atom stereocenters. The SMILES string of the molecule is CCOc1ccc(-c2csc3nccn23)cc1[N+](=O)[O-]. The summed E-state index contributed by atoms with van der Waals surface area (Å²) in [5, 5.41) is 13.1. The third kappa shape index (κ3) is 2.01. The van der Waals surface area contributed by atoms with Gasteiger partial charge in [0.15, 0.2) is 10.7 Å². The highest BCUT2D eigenvalue weighted by atomic mass is 32.1. The van der Waals surface area contributed by atoms with E-state index in [0.29, 0.717) is 12.4 Å². The molecule has 0 aliphatic heterocycles. The predicted octanol–water partition coefficient (Wildman–Crippen LogP) is 3.37. The number of fused-ring (bicyclic) bond motifs is 1. The van der Waals surface area contributed by atoms with E-state index in [1.807, 2.05) is 22.0 Å². The van der Waals surface area contributed by atoms with Gasteiger partial charge < -0.3 is 4.74 Å². The van der Waals surface area contributed by atoms with E-state index in [1.54, 1.807) is 19.2 Å². The Kier molecular flexibility index (Phi) is 3.11. The number of hydrogen-bond donors (Lipinski definition) is 0. The fourth-order valence-electron chi connectivity index (χ4n) is 2.03. The van der Waals surface area contributed by atoms with Crippen LogP contribution in [0.4, 0.5) is 5.69 Å². The number of aromatic nitrogens is 2. The zero-order valence-corrected chi connectivity index (χ0v) is 11.5. The van der Waals surface area contributed by atoms with Crippen molar-refractivity contribution in [1.29, 1.82) is 0 Å². The van der Waals surface area contributed by atoms with E-state index in [0.717, 1.165) is 16.2 Å². The first kappa shape index (κ1) is 12.6. The topological polar surface area (TPSA) is 69.7 Å². The zero-order valence-electron chi connectivity index (χ0n) is 10.6. The minimum Gasteiger partial charge on any atom is -0.487 e. The van der Waals surface area contributed by atoms with Gasteiger partial charge in [-0.15, -0.1) is 11.3 Å². The van der Waals surface area contributed by atoms with E-state index < -0.39 is 4.92 Å². The van der Waals surface area contributed by atoms with Crippen molar-refractivity contribution in [3.8, 4) is 17.0 Å². The second-order valence-electron chi connectivity index (χ2n) is 4.07. The van der Waals surface area contributed by atoms with Crippen LogP contribution in [0.15, 0.2) is 36.0 Å². The molecule has 20 heavy (non-hydrogen) atoms. The van der Waals surface area contributed by atoms with Crippen LogP contribution in [0.25, 0.3) is 16.2 Å². The zero-order chi connectivity index (χ0) is 14.1. The smallest absolute Gasteiger partial charge is 0.311 e. The molecule has 2 heterocycles. The van der Waals surface area contributed by atoms with Crippen molar-refractivity contribution < 1.29 is 9.66 Å². The van der Waals surface area contributed by atoms with Crippen LogP contribution in [0, 0.1) is 10.1 Å². The van der Waals surface area contributed by atoms with Gasteiger partial charge in [0.05, 0.1) is 17.2 Å². The van der Waals surface area contributed by atoms with E-state index in [-0.39, 0.29) is 5.69 Å². The third-order valence-electron chi connectivity index (χ3n) is 2.89. The summed E-state index contributed by atoms with van der Waals surface area (Å²) < 4.78 is 7.19. The van der Waals surface area contributed by atoms with Crippen molar-refractivity contribution >= 4 is 22.0 Å². The van der Waals surface area contributed by atoms with E-state index in [1.165, 1.54) is 17.4 Å². The standard InChI is InChI=1S/C13H11N3O3S/c1-2-19-12-4-3-9(7-10(12)16(17)18)11-8-20-13-14-5-6-15(11)13/h3-8H,2H2,1H3. The van der Waals surface area contributed by atoms with Gasteiger partial charge in [-0.3, -0.25) is 14.5 Å². The summed E-state index contributed by atoms with van der Waals surface area (Å²) in [7, 11) is 0. The van der Waals surface area contributed by atoms with Crippen LogP contribution in [0.3, 0.4) is 0 Å². The molecule has 6 nitrogen and oxygen atoms in total. The van der Waals surface area contributed by atoms with Crippen molar-refractivity contribution in [2.75, 3.05) is 6.61 Å². The molecule has 0 saturated carbocycles. The Morgan fingerprint density at radius 2 is 2.35 bits per heavy atom. The number of ether oxygens (including phenoxy) is 1. The van der Waals surface area contributed by atoms with Crippen LogP contribution in [-0.2, 0) is 0 Å². The van der Waals surface area contributed by atoms with E-state index in [9.17, 15) is 10.1 Å². The summed E-state index contributed by atoms with van der Waals surface area (Å²) >= 11 is 1.49. The molecule has 0 amide bonds. The lowest BCUT2D eigenvalue weighted by molar-refractivity contribution is -0.385. The van der Waals surface area contributed by atoms with Crippen LogP contribution in [0.5, 0.6) is 5.75 Å². The summed E-state index contributed by atoms with van der Waals surface area (Å²) in [4.78, 5) is 15.8. The van der Waals surface area contributed by atoms with Gasteiger partial charge in [0, 0.05) is 29.4 Å². The fourth-order valence-corrected chi connectivity index (χ4v) is 2.89. The monoisotopic (exact) mass is 289 g/mol. The second kappa shape index (κ2) is 4.93. The molecule has 0 saturated heterocycles. The molecular formula is C13H11N3O3S. The maximum absolute atomic E-state index is 11.1. The minimum absolute atomic E-state index is 0.0242. The fraction of sp³-hybridized carbons (Fsp3) is 0.154. The minimum atomic E-state index is -0.425. The lowest BCUT2D eigenvalue weighted by atomic mass is 10.1. The van der Waals surface area contributed by atoms with Crippen molar-refractivity contribution in [2.24, 2.45) is 0 Å². The van der Waals surface area contributed by atoms with Gasteiger partial charge in [0.25, 0.3) is 0 Å². The average Bonchev–Trinajstić information content (AvgIpc) is 3.02. The van der Waals surface area contributed by atoms with Crippen LogP contribution in [0.1, 0.15) is 6.92 Å². The first-order valence-corrected chi connectivity index (χ1v) is 6.91. The predicted molar refractivity (Wildman–Crippen MR) is 76.3 cm³/mol. The summed E-state index contributed by atoms with van der Waals surface area (Å²) in [5.74, 6) is 0.290. The molecule has 0 N–H and O–H groups in total. The third-order valence-corrected chi connectivity index (χ3v) is 3.75. The molecule has 0 atom stereocenters. The maximum atomic E-state index is 11.1. The van der Waals surface area contributed by atoms with Crippen molar-refractivity contribution in [1.82, 2.24) is 9.38 Å². The number of benzene rings is 1. The summed E-state index contributed by atoms with van der Waals surface area (Å²) in [6.07, 6.45) is 3.54. The average molecular weight is 289 g/mol. The molecule has 0 bridgehead atoms. The maximum Gasteiger partial charge on any atom is 0.311 e. The van der Waals surface area contributed by atoms with Crippen LogP contribution < -0.4 is 4.74 Å². The molecule has 7 heteroatoms. The van der Waals surface area contributed by atoms with Gasteiger partial charge in [-0.25, -0.2) is 4.98 Å². The second-order valence-corrected chi connectivity index (χ2v) is 4.91. The number of nitro groups is 1. The molecule has 3 aromatic rings. The molecule has 0 aliphatic rings. The number of nitrogens with zero attached hydrogens (tertiary/aromatic N) is 3. The Balaban J connectivity index is 2.13. The normalized spacial score (nSPS) is 10.8.